The summed E-state index contributed by atoms with van der Waals surface area (Å²) in [4.78, 5) is 22.3. The van der Waals surface area contributed by atoms with Crippen LogP contribution in [0.3, 0.4) is 0 Å². The normalized spacial score (nSPS) is 21.0. The topological polar surface area (TPSA) is 93.4 Å². The van der Waals surface area contributed by atoms with Crippen LogP contribution < -0.4 is 15.8 Å². The van der Waals surface area contributed by atoms with Gasteiger partial charge in [0.2, 0.25) is 5.91 Å². The molecule has 1 aliphatic heterocycles. The average molecular weight is 428 g/mol. The second kappa shape index (κ2) is 8.34. The fourth-order valence-electron chi connectivity index (χ4n) is 4.61. The van der Waals surface area contributed by atoms with E-state index < -0.39 is 0 Å². The van der Waals surface area contributed by atoms with Gasteiger partial charge in [-0.3, -0.25) is 4.79 Å². The molecule has 1 aromatic heterocycles. The minimum atomic E-state index is 0.0226. The number of benzene rings is 2. The van der Waals surface area contributed by atoms with E-state index in [1.165, 1.54) is 12.4 Å². The van der Waals surface area contributed by atoms with Crippen LogP contribution in [0.2, 0.25) is 0 Å². The van der Waals surface area contributed by atoms with Gasteiger partial charge in [-0.15, -0.1) is 0 Å². The summed E-state index contributed by atoms with van der Waals surface area (Å²) in [5, 5.41) is 3.47. The number of para-hydroxylation sites is 1. The van der Waals surface area contributed by atoms with Crippen LogP contribution in [0.5, 0.6) is 11.5 Å². The van der Waals surface area contributed by atoms with E-state index in [1.54, 1.807) is 0 Å². The fraction of sp³-hybridized carbons (Fsp3) is 0.240. The van der Waals surface area contributed by atoms with Crippen LogP contribution in [0.4, 0.5) is 11.6 Å². The summed E-state index contributed by atoms with van der Waals surface area (Å²) in [6.07, 6.45) is 2.87. The van der Waals surface area contributed by atoms with Gasteiger partial charge in [-0.1, -0.05) is 36.9 Å². The van der Waals surface area contributed by atoms with Gasteiger partial charge in [-0.05, 0) is 53.7 Å². The van der Waals surface area contributed by atoms with E-state index in [1.807, 2.05) is 59.5 Å². The quantitative estimate of drug-likeness (QED) is 0.557. The minimum Gasteiger partial charge on any atom is -0.457 e. The number of nitrogen functional groups attached to an aromatic ring is 1. The Kier molecular flexibility index (Phi) is 5.23. The Morgan fingerprint density at radius 1 is 1.09 bits per heavy atom. The van der Waals surface area contributed by atoms with Gasteiger partial charge in [0.15, 0.2) is 0 Å². The highest BCUT2D eigenvalue weighted by molar-refractivity contribution is 5.87. The van der Waals surface area contributed by atoms with E-state index in [0.29, 0.717) is 23.6 Å². The number of carbonyl (C=O) groups excluding carboxylic acids is 1. The SMILES string of the molecule is C=CC(=O)N1C[C@@H]2C(CNc3ncnc(N)c3-c3ccc(Oc4ccccc4)cc3)[C@@H]2C1. The zero-order chi connectivity index (χ0) is 22.1. The number of hydrogen-bond donors (Lipinski definition) is 2. The van der Waals surface area contributed by atoms with E-state index in [0.717, 1.165) is 48.1 Å². The molecule has 2 aliphatic rings. The number of nitrogens with two attached hydrogens (primary N) is 1. The van der Waals surface area contributed by atoms with Gasteiger partial charge in [0.1, 0.15) is 29.5 Å². The Bertz CT molecular complexity index is 1120. The molecule has 1 saturated carbocycles. The third-order valence-corrected chi connectivity index (χ3v) is 6.36. The van der Waals surface area contributed by atoms with Gasteiger partial charge in [-0.2, -0.15) is 0 Å². The van der Waals surface area contributed by atoms with E-state index in [4.69, 9.17) is 10.5 Å². The number of fused-ring (bicyclic) bond motifs is 1. The van der Waals surface area contributed by atoms with Crippen molar-refractivity contribution in [1.29, 1.82) is 0 Å². The van der Waals surface area contributed by atoms with Gasteiger partial charge in [0.25, 0.3) is 0 Å². The predicted molar refractivity (Wildman–Crippen MR) is 124 cm³/mol. The molecule has 3 atom stereocenters. The number of ether oxygens (including phenoxy) is 1. The molecule has 5 rings (SSSR count). The highest BCUT2D eigenvalue weighted by Crippen LogP contribution is 2.51. The predicted octanol–water partition coefficient (Wildman–Crippen LogP) is 3.82. The Labute approximate surface area is 186 Å². The summed E-state index contributed by atoms with van der Waals surface area (Å²) in [6.45, 7) is 5.99. The molecule has 2 aromatic carbocycles. The lowest BCUT2D eigenvalue weighted by Gasteiger charge is -2.19. The molecule has 0 bridgehead atoms. The zero-order valence-electron chi connectivity index (χ0n) is 17.6. The van der Waals surface area contributed by atoms with Crippen molar-refractivity contribution >= 4 is 17.5 Å². The molecule has 1 amide bonds. The second-order valence-corrected chi connectivity index (χ2v) is 8.24. The lowest BCUT2D eigenvalue weighted by atomic mass is 10.1. The maximum absolute atomic E-state index is 11.8. The third kappa shape index (κ3) is 3.89. The summed E-state index contributed by atoms with van der Waals surface area (Å²) in [5.74, 6) is 4.33. The molecule has 7 heteroatoms. The molecule has 3 N–H and O–H groups in total. The van der Waals surface area contributed by atoms with Crippen LogP contribution >= 0.6 is 0 Å². The summed E-state index contributed by atoms with van der Waals surface area (Å²) in [6, 6.07) is 17.4. The molecule has 1 unspecified atom stereocenters. The van der Waals surface area contributed by atoms with Crippen molar-refractivity contribution in [2.24, 2.45) is 17.8 Å². The van der Waals surface area contributed by atoms with Crippen LogP contribution in [0.15, 0.2) is 73.6 Å². The standard InChI is InChI=1S/C25H25N5O2/c1-2-22(31)30-13-20-19(21(20)14-30)12-27-25-23(24(26)28-15-29-25)16-8-10-18(11-9-16)32-17-6-4-3-5-7-17/h2-11,15,19-21H,1,12-14H2,(H3,26,27,28,29)/t19?,20-,21+. The van der Waals surface area contributed by atoms with Crippen molar-refractivity contribution in [1.82, 2.24) is 14.9 Å². The molecule has 32 heavy (non-hydrogen) atoms. The van der Waals surface area contributed by atoms with Crippen LogP contribution in [0.25, 0.3) is 11.1 Å². The summed E-state index contributed by atoms with van der Waals surface area (Å²) in [5.41, 5.74) is 7.93. The van der Waals surface area contributed by atoms with Crippen molar-refractivity contribution in [2.75, 3.05) is 30.7 Å². The van der Waals surface area contributed by atoms with Crippen LogP contribution in [0, 0.1) is 17.8 Å². The van der Waals surface area contributed by atoms with Crippen molar-refractivity contribution in [2.45, 2.75) is 0 Å². The number of hydrogen-bond acceptors (Lipinski definition) is 6. The molecule has 0 spiro atoms. The first-order valence-corrected chi connectivity index (χ1v) is 10.7. The lowest BCUT2D eigenvalue weighted by molar-refractivity contribution is -0.125. The van der Waals surface area contributed by atoms with Crippen LogP contribution in [-0.2, 0) is 4.79 Å². The summed E-state index contributed by atoms with van der Waals surface area (Å²) >= 11 is 0. The first-order chi connectivity index (χ1) is 15.6. The zero-order valence-corrected chi connectivity index (χ0v) is 17.6. The van der Waals surface area contributed by atoms with E-state index in [9.17, 15) is 4.79 Å². The van der Waals surface area contributed by atoms with Crippen LogP contribution in [0.1, 0.15) is 0 Å². The van der Waals surface area contributed by atoms with Crippen molar-refractivity contribution < 1.29 is 9.53 Å². The molecule has 7 nitrogen and oxygen atoms in total. The molecular weight excluding hydrogens is 402 g/mol. The average Bonchev–Trinajstić information content (AvgIpc) is 3.26. The number of nitrogens with zero attached hydrogens (tertiary/aromatic N) is 3. The Morgan fingerprint density at radius 2 is 1.78 bits per heavy atom. The first kappa shape index (κ1) is 20.1. The third-order valence-electron chi connectivity index (χ3n) is 6.36. The Hall–Kier alpha value is -3.87. The first-order valence-electron chi connectivity index (χ1n) is 10.7. The number of rotatable bonds is 7. The molecule has 1 saturated heterocycles. The van der Waals surface area contributed by atoms with Gasteiger partial charge in [-0.25, -0.2) is 9.97 Å². The smallest absolute Gasteiger partial charge is 0.245 e. The maximum Gasteiger partial charge on any atom is 0.245 e. The molecule has 2 heterocycles. The van der Waals surface area contributed by atoms with E-state index >= 15 is 0 Å². The van der Waals surface area contributed by atoms with Gasteiger partial charge in [0, 0.05) is 19.6 Å². The number of anilines is 2. The number of aromatic nitrogens is 2. The molecule has 2 fully saturated rings. The number of piperidine rings is 1. The molecule has 0 radical (unpaired) electrons. The van der Waals surface area contributed by atoms with Crippen molar-refractivity contribution in [3.05, 3.63) is 73.6 Å². The van der Waals surface area contributed by atoms with Gasteiger partial charge < -0.3 is 20.7 Å². The Morgan fingerprint density at radius 3 is 2.47 bits per heavy atom. The fourth-order valence-corrected chi connectivity index (χ4v) is 4.61. The summed E-state index contributed by atoms with van der Waals surface area (Å²) < 4.78 is 5.88. The van der Waals surface area contributed by atoms with Crippen molar-refractivity contribution in [3.63, 3.8) is 0 Å². The largest absolute Gasteiger partial charge is 0.457 e. The molecule has 1 aliphatic carbocycles. The monoisotopic (exact) mass is 427 g/mol. The highest BCUT2D eigenvalue weighted by atomic mass is 16.5. The minimum absolute atomic E-state index is 0.0226. The lowest BCUT2D eigenvalue weighted by Crippen LogP contribution is -2.30. The van der Waals surface area contributed by atoms with E-state index in [2.05, 4.69) is 21.9 Å². The van der Waals surface area contributed by atoms with E-state index in [-0.39, 0.29) is 5.91 Å². The highest BCUT2D eigenvalue weighted by Gasteiger charge is 2.55. The van der Waals surface area contributed by atoms with Crippen LogP contribution in [-0.4, -0.2) is 40.4 Å². The summed E-state index contributed by atoms with van der Waals surface area (Å²) in [7, 11) is 0. The molecular formula is C25H25N5O2. The number of likely N-dealkylation sites (tertiary alicyclic amines) is 1. The molecule has 162 valence electrons. The Balaban J connectivity index is 1.26. The second-order valence-electron chi connectivity index (χ2n) is 8.24. The van der Waals surface area contributed by atoms with Gasteiger partial charge in [0.05, 0.1) is 5.56 Å². The van der Waals surface area contributed by atoms with Gasteiger partial charge >= 0.3 is 0 Å². The maximum atomic E-state index is 11.8. The number of carbonyl (C=O) groups is 1. The number of nitrogens with one attached hydrogen (secondary N) is 1. The van der Waals surface area contributed by atoms with Crippen molar-refractivity contribution in [3.8, 4) is 22.6 Å². The molecule has 3 aromatic rings. The number of amides is 1.